The average molecular weight is 245 g/mol. The lowest BCUT2D eigenvalue weighted by atomic mass is 10.1. The lowest BCUT2D eigenvalue weighted by Crippen LogP contribution is -2.04. The molecular weight excluding hydrogens is 226 g/mol. The van der Waals surface area contributed by atoms with Gasteiger partial charge < -0.3 is 9.67 Å². The van der Waals surface area contributed by atoms with Gasteiger partial charge in [0.05, 0.1) is 5.52 Å². The highest BCUT2D eigenvalue weighted by Crippen LogP contribution is 2.25. The number of carboxylic acid groups (broad SMARTS) is 1. The molecule has 0 aliphatic rings. The number of aromatic nitrogens is 1. The zero-order chi connectivity index (χ0) is 13.3. The van der Waals surface area contributed by atoms with E-state index in [1.807, 2.05) is 0 Å². The molecule has 0 spiro atoms. The molecule has 2 rings (SSSR count). The van der Waals surface area contributed by atoms with Crippen LogP contribution in [0.25, 0.3) is 10.9 Å². The van der Waals surface area contributed by atoms with Crippen LogP contribution in [0, 0.1) is 20.8 Å². The van der Waals surface area contributed by atoms with Crippen molar-refractivity contribution in [1.82, 2.24) is 4.57 Å². The van der Waals surface area contributed by atoms with E-state index in [1.165, 1.54) is 27.7 Å². The normalized spacial score (nSPS) is 11.1. The molecule has 1 aromatic heterocycles. The number of nitrogens with zero attached hydrogens (tertiary/aromatic N) is 1. The van der Waals surface area contributed by atoms with Crippen molar-refractivity contribution in [3.8, 4) is 0 Å². The molecule has 0 fully saturated rings. The second kappa shape index (κ2) is 4.84. The Hall–Kier alpha value is -1.77. The predicted molar refractivity (Wildman–Crippen MR) is 73.0 cm³/mol. The van der Waals surface area contributed by atoms with Gasteiger partial charge in [0.1, 0.15) is 0 Å². The third-order valence-electron chi connectivity index (χ3n) is 3.31. The fourth-order valence-electron chi connectivity index (χ4n) is 2.63. The molecule has 0 saturated heterocycles. The van der Waals surface area contributed by atoms with Crippen LogP contribution in [-0.2, 0) is 11.3 Å². The molecule has 0 saturated carbocycles. The first-order chi connectivity index (χ1) is 8.49. The van der Waals surface area contributed by atoms with Crippen molar-refractivity contribution in [3.63, 3.8) is 0 Å². The number of aliphatic carboxylic acids is 1. The Balaban J connectivity index is 2.37. The number of hydrogen-bond donors (Lipinski definition) is 1. The highest BCUT2D eigenvalue weighted by Gasteiger charge is 2.09. The molecule has 1 aromatic carbocycles. The first kappa shape index (κ1) is 12.7. The number of benzene rings is 1. The summed E-state index contributed by atoms with van der Waals surface area (Å²) in [6.07, 6.45) is 0.900. The standard InChI is InChI=1S/C15H19NO2/c1-10-7-11(2)15-13(8-10)9-12(3)16(15)6-4-5-14(17)18/h7-9H,4-6H2,1-3H3,(H,17,18). The van der Waals surface area contributed by atoms with E-state index >= 15 is 0 Å². The van der Waals surface area contributed by atoms with Gasteiger partial charge in [-0.2, -0.15) is 0 Å². The topological polar surface area (TPSA) is 42.2 Å². The summed E-state index contributed by atoms with van der Waals surface area (Å²) in [5.41, 5.74) is 4.96. The number of carbonyl (C=O) groups is 1. The van der Waals surface area contributed by atoms with Crippen molar-refractivity contribution < 1.29 is 9.90 Å². The molecule has 0 aliphatic heterocycles. The molecule has 96 valence electrons. The van der Waals surface area contributed by atoms with Gasteiger partial charge in [-0.3, -0.25) is 4.79 Å². The highest BCUT2D eigenvalue weighted by atomic mass is 16.4. The van der Waals surface area contributed by atoms with Gasteiger partial charge in [-0.25, -0.2) is 0 Å². The molecule has 1 heterocycles. The van der Waals surface area contributed by atoms with E-state index < -0.39 is 5.97 Å². The molecule has 3 heteroatoms. The van der Waals surface area contributed by atoms with E-state index in [2.05, 4.69) is 43.5 Å². The third kappa shape index (κ3) is 2.40. The maximum absolute atomic E-state index is 10.6. The van der Waals surface area contributed by atoms with Crippen LogP contribution >= 0.6 is 0 Å². The monoisotopic (exact) mass is 245 g/mol. The summed E-state index contributed by atoms with van der Waals surface area (Å²) in [6, 6.07) is 6.54. The summed E-state index contributed by atoms with van der Waals surface area (Å²) in [5.74, 6) is -0.725. The maximum atomic E-state index is 10.6. The molecule has 0 atom stereocenters. The predicted octanol–water partition coefficient (Wildman–Crippen LogP) is 3.43. The van der Waals surface area contributed by atoms with Crippen LogP contribution in [0.3, 0.4) is 0 Å². The Kier molecular flexibility index (Phi) is 3.41. The second-order valence-electron chi connectivity index (χ2n) is 4.95. The summed E-state index contributed by atoms with van der Waals surface area (Å²) in [6.45, 7) is 7.06. The molecule has 0 radical (unpaired) electrons. The van der Waals surface area contributed by atoms with Crippen LogP contribution in [0.1, 0.15) is 29.7 Å². The van der Waals surface area contributed by atoms with E-state index in [0.29, 0.717) is 6.42 Å². The van der Waals surface area contributed by atoms with E-state index in [1.54, 1.807) is 0 Å². The van der Waals surface area contributed by atoms with Gasteiger partial charge in [-0.15, -0.1) is 0 Å². The third-order valence-corrected chi connectivity index (χ3v) is 3.31. The Morgan fingerprint density at radius 1 is 1.22 bits per heavy atom. The molecule has 0 aliphatic carbocycles. The van der Waals surface area contributed by atoms with Crippen molar-refractivity contribution in [2.45, 2.75) is 40.2 Å². The summed E-state index contributed by atoms with van der Waals surface area (Å²) >= 11 is 0. The van der Waals surface area contributed by atoms with Gasteiger partial charge >= 0.3 is 5.97 Å². The van der Waals surface area contributed by atoms with E-state index in [4.69, 9.17) is 5.11 Å². The van der Waals surface area contributed by atoms with Crippen LogP contribution in [0.2, 0.25) is 0 Å². The van der Waals surface area contributed by atoms with E-state index in [9.17, 15) is 4.79 Å². The SMILES string of the molecule is Cc1cc(C)c2c(c1)cc(C)n2CCCC(=O)O. The highest BCUT2D eigenvalue weighted by molar-refractivity contribution is 5.85. The summed E-state index contributed by atoms with van der Waals surface area (Å²) in [7, 11) is 0. The Labute approximate surface area is 107 Å². The minimum absolute atomic E-state index is 0.226. The Bertz CT molecular complexity index is 596. The van der Waals surface area contributed by atoms with Crippen LogP contribution in [0.4, 0.5) is 0 Å². The van der Waals surface area contributed by atoms with Crippen LogP contribution < -0.4 is 0 Å². The first-order valence-electron chi connectivity index (χ1n) is 6.28. The second-order valence-corrected chi connectivity index (χ2v) is 4.95. The van der Waals surface area contributed by atoms with Gasteiger partial charge in [0, 0.05) is 24.0 Å². The summed E-state index contributed by atoms with van der Waals surface area (Å²) in [5, 5.41) is 9.96. The summed E-state index contributed by atoms with van der Waals surface area (Å²) in [4.78, 5) is 10.6. The van der Waals surface area contributed by atoms with Crippen molar-refractivity contribution in [1.29, 1.82) is 0 Å². The Morgan fingerprint density at radius 3 is 2.61 bits per heavy atom. The molecule has 0 unspecified atom stereocenters. The van der Waals surface area contributed by atoms with Gasteiger partial charge in [-0.05, 0) is 44.9 Å². The zero-order valence-electron chi connectivity index (χ0n) is 11.2. The number of fused-ring (bicyclic) bond motifs is 1. The van der Waals surface area contributed by atoms with Gasteiger partial charge in [0.15, 0.2) is 0 Å². The zero-order valence-corrected chi connectivity index (χ0v) is 11.2. The largest absolute Gasteiger partial charge is 0.481 e. The molecule has 3 nitrogen and oxygen atoms in total. The fourth-order valence-corrected chi connectivity index (χ4v) is 2.63. The molecule has 0 amide bonds. The van der Waals surface area contributed by atoms with Crippen molar-refractivity contribution in [2.24, 2.45) is 0 Å². The number of carboxylic acids is 1. The number of aryl methyl sites for hydroxylation is 4. The molecule has 1 N–H and O–H groups in total. The van der Waals surface area contributed by atoms with Crippen LogP contribution in [-0.4, -0.2) is 15.6 Å². The number of rotatable bonds is 4. The quantitative estimate of drug-likeness (QED) is 0.896. The molecule has 2 aromatic rings. The average Bonchev–Trinajstić information content (AvgIpc) is 2.54. The van der Waals surface area contributed by atoms with Crippen molar-refractivity contribution in [3.05, 3.63) is 35.0 Å². The van der Waals surface area contributed by atoms with E-state index in [-0.39, 0.29) is 6.42 Å². The van der Waals surface area contributed by atoms with Crippen molar-refractivity contribution >= 4 is 16.9 Å². The maximum Gasteiger partial charge on any atom is 0.303 e. The van der Waals surface area contributed by atoms with Gasteiger partial charge in [0.2, 0.25) is 0 Å². The minimum Gasteiger partial charge on any atom is -0.481 e. The summed E-state index contributed by atoms with van der Waals surface area (Å²) < 4.78 is 2.23. The minimum atomic E-state index is -0.725. The van der Waals surface area contributed by atoms with E-state index in [0.717, 1.165) is 6.54 Å². The molecular formula is C15H19NO2. The molecule has 18 heavy (non-hydrogen) atoms. The lowest BCUT2D eigenvalue weighted by molar-refractivity contribution is -0.137. The Morgan fingerprint density at radius 2 is 1.94 bits per heavy atom. The van der Waals surface area contributed by atoms with Gasteiger partial charge in [-0.1, -0.05) is 11.6 Å². The van der Waals surface area contributed by atoms with Crippen LogP contribution in [0.5, 0.6) is 0 Å². The fraction of sp³-hybridized carbons (Fsp3) is 0.400. The smallest absolute Gasteiger partial charge is 0.303 e. The molecule has 0 bridgehead atoms. The van der Waals surface area contributed by atoms with Crippen LogP contribution in [0.15, 0.2) is 18.2 Å². The van der Waals surface area contributed by atoms with Crippen molar-refractivity contribution in [2.75, 3.05) is 0 Å². The first-order valence-corrected chi connectivity index (χ1v) is 6.28. The number of hydrogen-bond acceptors (Lipinski definition) is 1. The van der Waals surface area contributed by atoms with Gasteiger partial charge in [0.25, 0.3) is 0 Å². The lowest BCUT2D eigenvalue weighted by Gasteiger charge is -2.09.